The van der Waals surface area contributed by atoms with Crippen LogP contribution in [0.3, 0.4) is 0 Å². The molecule has 1 aromatic heterocycles. The van der Waals surface area contributed by atoms with Crippen LogP contribution < -0.4 is 5.32 Å². The molecular formula is C22H25N3O6S2. The Morgan fingerprint density at radius 2 is 1.48 bits per heavy atom. The number of hydrogen-bond donors (Lipinski definition) is 1. The standard InChI is InChI=1S/C22H25N3O6S2/c1-4-32(27,28)18-9-5-16(6-10-18)13-20(26)23-22-25-24-21(31-22)14-17-7-11-19(12-8-17)33(29,30)15(2)3/h5-12,15H,4,13-14H2,1-3H3,(H,23,25,26). The number of aromatic nitrogens is 2. The zero-order valence-corrected chi connectivity index (χ0v) is 20.1. The number of rotatable bonds is 9. The fraction of sp³-hybridized carbons (Fsp3) is 0.318. The maximum Gasteiger partial charge on any atom is 0.322 e. The summed E-state index contributed by atoms with van der Waals surface area (Å²) in [5, 5.41) is 9.72. The Morgan fingerprint density at radius 1 is 0.909 bits per heavy atom. The molecule has 11 heteroatoms. The van der Waals surface area contributed by atoms with Gasteiger partial charge >= 0.3 is 6.01 Å². The Morgan fingerprint density at radius 3 is 2.06 bits per heavy atom. The average Bonchev–Trinajstić information content (AvgIpc) is 3.20. The first-order chi connectivity index (χ1) is 15.5. The Hall–Kier alpha value is -3.05. The van der Waals surface area contributed by atoms with Crippen LogP contribution in [0, 0.1) is 0 Å². The third kappa shape index (κ3) is 6.05. The Balaban J connectivity index is 1.59. The van der Waals surface area contributed by atoms with Crippen LogP contribution in [0.2, 0.25) is 0 Å². The van der Waals surface area contributed by atoms with Crippen LogP contribution >= 0.6 is 0 Å². The van der Waals surface area contributed by atoms with Crippen molar-refractivity contribution in [2.24, 2.45) is 0 Å². The lowest BCUT2D eigenvalue weighted by Gasteiger charge is -2.08. The number of carbonyl (C=O) groups excluding carboxylic acids is 1. The molecule has 1 amide bonds. The number of nitrogens with zero attached hydrogens (tertiary/aromatic N) is 2. The highest BCUT2D eigenvalue weighted by molar-refractivity contribution is 7.92. The number of sulfone groups is 2. The fourth-order valence-electron chi connectivity index (χ4n) is 2.95. The van der Waals surface area contributed by atoms with E-state index >= 15 is 0 Å². The number of benzene rings is 2. The van der Waals surface area contributed by atoms with E-state index in [1.54, 1.807) is 57.2 Å². The molecule has 3 aromatic rings. The third-order valence-corrected chi connectivity index (χ3v) is 8.89. The van der Waals surface area contributed by atoms with Crippen molar-refractivity contribution in [1.82, 2.24) is 10.2 Å². The summed E-state index contributed by atoms with van der Waals surface area (Å²) in [6.45, 7) is 4.83. The summed E-state index contributed by atoms with van der Waals surface area (Å²) < 4.78 is 53.6. The molecule has 2 aromatic carbocycles. The summed E-state index contributed by atoms with van der Waals surface area (Å²) in [4.78, 5) is 12.7. The zero-order valence-electron chi connectivity index (χ0n) is 18.5. The van der Waals surface area contributed by atoms with Crippen LogP contribution in [-0.4, -0.2) is 43.9 Å². The van der Waals surface area contributed by atoms with E-state index in [9.17, 15) is 21.6 Å². The van der Waals surface area contributed by atoms with Gasteiger partial charge in [-0.1, -0.05) is 36.3 Å². The van der Waals surface area contributed by atoms with Gasteiger partial charge in [0.15, 0.2) is 19.7 Å². The van der Waals surface area contributed by atoms with Crippen LogP contribution in [0.15, 0.2) is 62.7 Å². The second-order valence-electron chi connectivity index (χ2n) is 7.69. The van der Waals surface area contributed by atoms with Gasteiger partial charge in [0.1, 0.15) is 0 Å². The van der Waals surface area contributed by atoms with E-state index in [0.29, 0.717) is 5.56 Å². The van der Waals surface area contributed by atoms with Gasteiger partial charge in [-0.05, 0) is 49.2 Å². The highest BCUT2D eigenvalue weighted by Gasteiger charge is 2.19. The van der Waals surface area contributed by atoms with Crippen molar-refractivity contribution < 1.29 is 26.0 Å². The van der Waals surface area contributed by atoms with Crippen molar-refractivity contribution in [1.29, 1.82) is 0 Å². The third-order valence-electron chi connectivity index (χ3n) is 4.97. The lowest BCUT2D eigenvalue weighted by atomic mass is 10.1. The molecule has 0 atom stereocenters. The van der Waals surface area contributed by atoms with E-state index < -0.39 is 24.9 Å². The number of amides is 1. The van der Waals surface area contributed by atoms with Crippen molar-refractivity contribution >= 4 is 31.6 Å². The van der Waals surface area contributed by atoms with E-state index in [4.69, 9.17) is 4.42 Å². The minimum Gasteiger partial charge on any atom is -0.407 e. The Kier molecular flexibility index (Phi) is 7.33. The summed E-state index contributed by atoms with van der Waals surface area (Å²) in [5.41, 5.74) is 1.42. The van der Waals surface area contributed by atoms with Gasteiger partial charge in [0, 0.05) is 0 Å². The molecule has 0 unspecified atom stereocenters. The van der Waals surface area contributed by atoms with Crippen LogP contribution in [-0.2, 0) is 37.3 Å². The SMILES string of the molecule is CCS(=O)(=O)c1ccc(CC(=O)Nc2nnc(Cc3ccc(S(=O)(=O)C(C)C)cc3)o2)cc1. The first-order valence-corrected chi connectivity index (χ1v) is 13.5. The molecule has 1 N–H and O–H groups in total. The van der Waals surface area contributed by atoms with Gasteiger partial charge in [-0.15, -0.1) is 5.10 Å². The van der Waals surface area contributed by atoms with Gasteiger partial charge in [0.25, 0.3) is 0 Å². The molecule has 33 heavy (non-hydrogen) atoms. The molecule has 0 fully saturated rings. The Labute approximate surface area is 193 Å². The molecule has 0 bridgehead atoms. The average molecular weight is 492 g/mol. The van der Waals surface area contributed by atoms with Crippen molar-refractivity contribution in [3.63, 3.8) is 0 Å². The second-order valence-corrected chi connectivity index (χ2v) is 12.5. The predicted molar refractivity (Wildman–Crippen MR) is 122 cm³/mol. The van der Waals surface area contributed by atoms with Crippen LogP contribution in [0.1, 0.15) is 37.8 Å². The van der Waals surface area contributed by atoms with Gasteiger partial charge in [-0.25, -0.2) is 16.8 Å². The molecule has 176 valence electrons. The largest absolute Gasteiger partial charge is 0.407 e. The van der Waals surface area contributed by atoms with Crippen LogP contribution in [0.5, 0.6) is 0 Å². The highest BCUT2D eigenvalue weighted by atomic mass is 32.2. The molecule has 0 aliphatic rings. The molecule has 0 aliphatic carbocycles. The monoisotopic (exact) mass is 491 g/mol. The first-order valence-electron chi connectivity index (χ1n) is 10.3. The number of hydrogen-bond acceptors (Lipinski definition) is 8. The highest BCUT2D eigenvalue weighted by Crippen LogP contribution is 2.19. The predicted octanol–water partition coefficient (Wildman–Crippen LogP) is 2.82. The summed E-state index contributed by atoms with van der Waals surface area (Å²) in [6, 6.07) is 12.5. The second kappa shape index (κ2) is 9.84. The number of anilines is 1. The van der Waals surface area contributed by atoms with Gasteiger partial charge < -0.3 is 4.42 Å². The van der Waals surface area contributed by atoms with Crippen molar-refractivity contribution in [3.8, 4) is 0 Å². The minimum absolute atomic E-state index is 0.00746. The molecule has 9 nitrogen and oxygen atoms in total. The number of nitrogens with one attached hydrogen (secondary N) is 1. The molecule has 0 saturated carbocycles. The lowest BCUT2D eigenvalue weighted by Crippen LogP contribution is -2.14. The maximum absolute atomic E-state index is 12.3. The minimum atomic E-state index is -3.34. The van der Waals surface area contributed by atoms with Gasteiger partial charge in [0.2, 0.25) is 11.8 Å². The molecule has 0 saturated heterocycles. The molecule has 1 heterocycles. The fourth-order valence-corrected chi connectivity index (χ4v) is 4.89. The van der Waals surface area contributed by atoms with Crippen LogP contribution in [0.25, 0.3) is 0 Å². The van der Waals surface area contributed by atoms with Gasteiger partial charge in [-0.3, -0.25) is 10.1 Å². The summed E-state index contributed by atoms with van der Waals surface area (Å²) >= 11 is 0. The summed E-state index contributed by atoms with van der Waals surface area (Å²) in [7, 11) is -6.63. The number of carbonyl (C=O) groups is 1. The molecule has 3 rings (SSSR count). The van der Waals surface area contributed by atoms with E-state index in [0.717, 1.165) is 5.56 Å². The lowest BCUT2D eigenvalue weighted by molar-refractivity contribution is -0.115. The Bertz CT molecular complexity index is 1330. The molecule has 0 aliphatic heterocycles. The maximum atomic E-state index is 12.3. The molecule has 0 spiro atoms. The van der Waals surface area contributed by atoms with E-state index in [2.05, 4.69) is 15.5 Å². The van der Waals surface area contributed by atoms with Crippen molar-refractivity contribution in [2.45, 2.75) is 48.7 Å². The topological polar surface area (TPSA) is 136 Å². The zero-order chi connectivity index (χ0) is 24.2. The van der Waals surface area contributed by atoms with Crippen molar-refractivity contribution in [3.05, 3.63) is 65.5 Å². The first kappa shape index (κ1) is 24.6. The van der Waals surface area contributed by atoms with Gasteiger partial charge in [-0.2, -0.15) is 0 Å². The summed E-state index contributed by atoms with van der Waals surface area (Å²) in [6.07, 6.45) is 0.286. The smallest absolute Gasteiger partial charge is 0.322 e. The van der Waals surface area contributed by atoms with Crippen molar-refractivity contribution in [2.75, 3.05) is 11.1 Å². The molecular weight excluding hydrogens is 466 g/mol. The quantitative estimate of drug-likeness (QED) is 0.482. The normalized spacial score (nSPS) is 12.1. The molecule has 0 radical (unpaired) electrons. The van der Waals surface area contributed by atoms with Crippen LogP contribution in [0.4, 0.5) is 6.01 Å². The van der Waals surface area contributed by atoms with E-state index in [1.807, 2.05) is 0 Å². The van der Waals surface area contributed by atoms with Gasteiger partial charge in [0.05, 0.1) is 33.6 Å². The van der Waals surface area contributed by atoms with E-state index in [1.165, 1.54) is 12.1 Å². The van der Waals surface area contributed by atoms with E-state index in [-0.39, 0.29) is 46.2 Å². The summed E-state index contributed by atoms with van der Waals surface area (Å²) in [5.74, 6) is -0.119.